The molecule has 0 radical (unpaired) electrons. The van der Waals surface area contributed by atoms with Crippen LogP contribution in [0.15, 0.2) is 72.8 Å². The van der Waals surface area contributed by atoms with E-state index >= 15 is 0 Å². The number of fused-ring (bicyclic) bond motifs is 2. The first-order chi connectivity index (χ1) is 15.2. The highest BCUT2D eigenvalue weighted by molar-refractivity contribution is 5.86. The molecule has 2 heterocycles. The molecule has 0 N–H and O–H groups in total. The summed E-state index contributed by atoms with van der Waals surface area (Å²) in [5.41, 5.74) is 8.62. The number of aryl methyl sites for hydroxylation is 2. The third-order valence-corrected chi connectivity index (χ3v) is 6.26. The zero-order valence-corrected chi connectivity index (χ0v) is 18.3. The Morgan fingerprint density at radius 1 is 0.871 bits per heavy atom. The molecule has 0 unspecified atom stereocenters. The standard InChI is InChI=1S/C28H28N2O/c1-20-8-9-21(2)27-26(20)18-25-19-30(16-17-31-28(25)29-27)15-14-22-10-12-24(13-11-22)23-6-4-3-5-7-23/h3-13,18H,14-17,19H2,1-2H3. The molecule has 1 aliphatic rings. The van der Waals surface area contributed by atoms with E-state index in [2.05, 4.69) is 91.5 Å². The molecule has 0 spiro atoms. The lowest BCUT2D eigenvalue weighted by Crippen LogP contribution is -2.28. The van der Waals surface area contributed by atoms with E-state index in [1.165, 1.54) is 38.8 Å². The van der Waals surface area contributed by atoms with Gasteiger partial charge in [0.15, 0.2) is 0 Å². The summed E-state index contributed by atoms with van der Waals surface area (Å²) in [5, 5.41) is 1.24. The zero-order chi connectivity index (χ0) is 21.2. The molecule has 0 atom stereocenters. The van der Waals surface area contributed by atoms with Crippen LogP contribution in [0.3, 0.4) is 0 Å². The van der Waals surface area contributed by atoms with Crippen molar-refractivity contribution in [3.8, 4) is 17.0 Å². The second kappa shape index (κ2) is 8.52. The van der Waals surface area contributed by atoms with Crippen LogP contribution in [0.4, 0.5) is 0 Å². The van der Waals surface area contributed by atoms with E-state index in [1.807, 2.05) is 0 Å². The number of benzene rings is 3. The molecule has 1 aliphatic heterocycles. The Morgan fingerprint density at radius 2 is 1.61 bits per heavy atom. The molecule has 3 nitrogen and oxygen atoms in total. The van der Waals surface area contributed by atoms with Crippen LogP contribution in [-0.2, 0) is 13.0 Å². The normalized spacial score (nSPS) is 14.1. The lowest BCUT2D eigenvalue weighted by atomic mass is 10.0. The molecular formula is C28H28N2O. The Labute approximate surface area is 184 Å². The molecule has 1 aromatic heterocycles. The van der Waals surface area contributed by atoms with E-state index in [1.54, 1.807) is 0 Å². The van der Waals surface area contributed by atoms with Gasteiger partial charge in [-0.15, -0.1) is 0 Å². The molecule has 4 aromatic rings. The maximum atomic E-state index is 6.05. The zero-order valence-electron chi connectivity index (χ0n) is 18.3. The summed E-state index contributed by atoms with van der Waals surface area (Å²) in [6.07, 6.45) is 1.03. The SMILES string of the molecule is Cc1ccc(C)c2nc3c(cc12)CN(CCc1ccc(-c2ccccc2)cc1)CCO3. The van der Waals surface area contributed by atoms with Crippen LogP contribution in [0.5, 0.6) is 5.88 Å². The lowest BCUT2D eigenvalue weighted by molar-refractivity contribution is 0.225. The van der Waals surface area contributed by atoms with Gasteiger partial charge >= 0.3 is 0 Å². The van der Waals surface area contributed by atoms with Gasteiger partial charge in [-0.1, -0.05) is 66.7 Å². The van der Waals surface area contributed by atoms with Gasteiger partial charge in [-0.25, -0.2) is 4.98 Å². The maximum Gasteiger partial charge on any atom is 0.218 e. The highest BCUT2D eigenvalue weighted by Crippen LogP contribution is 2.29. The number of nitrogens with zero attached hydrogens (tertiary/aromatic N) is 2. The predicted octanol–water partition coefficient (Wildman–Crippen LogP) is 5.96. The minimum atomic E-state index is 0.684. The van der Waals surface area contributed by atoms with E-state index in [-0.39, 0.29) is 0 Å². The van der Waals surface area contributed by atoms with Crippen molar-refractivity contribution in [1.82, 2.24) is 9.88 Å². The molecule has 0 saturated carbocycles. The molecule has 0 aliphatic carbocycles. The van der Waals surface area contributed by atoms with Crippen molar-refractivity contribution in [1.29, 1.82) is 0 Å². The van der Waals surface area contributed by atoms with Gasteiger partial charge in [-0.2, -0.15) is 0 Å². The number of ether oxygens (including phenoxy) is 1. The summed E-state index contributed by atoms with van der Waals surface area (Å²) >= 11 is 0. The van der Waals surface area contributed by atoms with Crippen molar-refractivity contribution in [3.63, 3.8) is 0 Å². The van der Waals surface area contributed by atoms with Crippen LogP contribution in [-0.4, -0.2) is 29.6 Å². The number of hydrogen-bond acceptors (Lipinski definition) is 3. The molecule has 5 rings (SSSR count). The first kappa shape index (κ1) is 19.8. The third-order valence-electron chi connectivity index (χ3n) is 6.26. The second-order valence-corrected chi connectivity index (χ2v) is 8.49. The Hall–Kier alpha value is -3.17. The largest absolute Gasteiger partial charge is 0.476 e. The van der Waals surface area contributed by atoms with Gasteiger partial charge in [0.25, 0.3) is 0 Å². The van der Waals surface area contributed by atoms with Gasteiger partial charge < -0.3 is 4.74 Å². The first-order valence-electron chi connectivity index (χ1n) is 11.1. The van der Waals surface area contributed by atoms with Crippen LogP contribution in [0.25, 0.3) is 22.0 Å². The molecule has 156 valence electrons. The predicted molar refractivity (Wildman–Crippen MR) is 128 cm³/mol. The van der Waals surface area contributed by atoms with E-state index in [0.29, 0.717) is 6.61 Å². The lowest BCUT2D eigenvalue weighted by Gasteiger charge is -2.19. The van der Waals surface area contributed by atoms with Crippen LogP contribution in [0.2, 0.25) is 0 Å². The van der Waals surface area contributed by atoms with Crippen LogP contribution in [0, 0.1) is 13.8 Å². The first-order valence-corrected chi connectivity index (χ1v) is 11.1. The van der Waals surface area contributed by atoms with Gasteiger partial charge in [0.2, 0.25) is 5.88 Å². The van der Waals surface area contributed by atoms with Crippen molar-refractivity contribution in [2.24, 2.45) is 0 Å². The maximum absolute atomic E-state index is 6.05. The fourth-order valence-corrected chi connectivity index (χ4v) is 4.36. The van der Waals surface area contributed by atoms with E-state index < -0.39 is 0 Å². The highest BCUT2D eigenvalue weighted by Gasteiger charge is 2.18. The summed E-state index contributed by atoms with van der Waals surface area (Å²) in [6.45, 7) is 7.78. The molecular weight excluding hydrogens is 380 g/mol. The average Bonchev–Trinajstić information content (AvgIpc) is 3.01. The molecule has 0 saturated heterocycles. The van der Waals surface area contributed by atoms with Crippen molar-refractivity contribution >= 4 is 10.9 Å². The molecule has 0 bridgehead atoms. The number of rotatable bonds is 4. The van der Waals surface area contributed by atoms with E-state index in [9.17, 15) is 0 Å². The van der Waals surface area contributed by atoms with Crippen molar-refractivity contribution < 1.29 is 4.74 Å². The summed E-state index contributed by atoms with van der Waals surface area (Å²) in [4.78, 5) is 7.36. The topological polar surface area (TPSA) is 25.4 Å². The monoisotopic (exact) mass is 408 g/mol. The fourth-order valence-electron chi connectivity index (χ4n) is 4.36. The number of pyridine rings is 1. The quantitative estimate of drug-likeness (QED) is 0.417. The van der Waals surface area contributed by atoms with Gasteiger partial charge in [0.1, 0.15) is 6.61 Å². The van der Waals surface area contributed by atoms with Gasteiger partial charge in [-0.3, -0.25) is 4.90 Å². The summed E-state index contributed by atoms with van der Waals surface area (Å²) in [6, 6.07) is 26.1. The second-order valence-electron chi connectivity index (χ2n) is 8.49. The van der Waals surface area contributed by atoms with Crippen molar-refractivity contribution in [2.45, 2.75) is 26.8 Å². The van der Waals surface area contributed by atoms with Crippen LogP contribution < -0.4 is 4.74 Å². The summed E-state index contributed by atoms with van der Waals surface area (Å²) in [7, 11) is 0. The summed E-state index contributed by atoms with van der Waals surface area (Å²) in [5.74, 6) is 0.802. The Bertz CT molecular complexity index is 1200. The summed E-state index contributed by atoms with van der Waals surface area (Å²) < 4.78 is 6.05. The van der Waals surface area contributed by atoms with E-state index in [4.69, 9.17) is 9.72 Å². The number of aromatic nitrogens is 1. The van der Waals surface area contributed by atoms with Crippen molar-refractivity contribution in [3.05, 3.63) is 95.1 Å². The average molecular weight is 409 g/mol. The van der Waals surface area contributed by atoms with Crippen LogP contribution >= 0.6 is 0 Å². The number of hydrogen-bond donors (Lipinski definition) is 0. The van der Waals surface area contributed by atoms with Gasteiger partial charge in [0, 0.05) is 30.6 Å². The van der Waals surface area contributed by atoms with Gasteiger partial charge in [0.05, 0.1) is 5.52 Å². The minimum Gasteiger partial charge on any atom is -0.476 e. The molecule has 0 amide bonds. The minimum absolute atomic E-state index is 0.684. The smallest absolute Gasteiger partial charge is 0.218 e. The Kier molecular flexibility index (Phi) is 5.44. The molecule has 31 heavy (non-hydrogen) atoms. The molecule has 3 aromatic carbocycles. The molecule has 3 heteroatoms. The fraction of sp³-hybridized carbons (Fsp3) is 0.250. The Balaban J connectivity index is 1.30. The highest BCUT2D eigenvalue weighted by atomic mass is 16.5. The van der Waals surface area contributed by atoms with E-state index in [0.717, 1.165) is 37.5 Å². The van der Waals surface area contributed by atoms with Crippen molar-refractivity contribution in [2.75, 3.05) is 19.7 Å². The molecule has 0 fully saturated rings. The Morgan fingerprint density at radius 3 is 2.42 bits per heavy atom. The van der Waals surface area contributed by atoms with Gasteiger partial charge in [-0.05, 0) is 54.2 Å². The van der Waals surface area contributed by atoms with Crippen LogP contribution in [0.1, 0.15) is 22.3 Å². The third kappa shape index (κ3) is 4.19.